The fourth-order valence-corrected chi connectivity index (χ4v) is 2.03. The maximum absolute atomic E-state index is 8.87. The molecule has 4 heteroatoms. The van der Waals surface area contributed by atoms with Crippen LogP contribution in [0.2, 0.25) is 0 Å². The van der Waals surface area contributed by atoms with E-state index in [0.29, 0.717) is 11.3 Å². The lowest BCUT2D eigenvalue weighted by atomic mass is 9.93. The van der Waals surface area contributed by atoms with Crippen LogP contribution in [0.15, 0.2) is 18.2 Å². The van der Waals surface area contributed by atoms with Crippen molar-refractivity contribution in [1.29, 1.82) is 5.26 Å². The third kappa shape index (κ3) is 4.27. The highest BCUT2D eigenvalue weighted by Gasteiger charge is 2.18. The first-order chi connectivity index (χ1) is 8.34. The average molecular weight is 246 g/mol. The van der Waals surface area contributed by atoms with Gasteiger partial charge in [0.2, 0.25) is 0 Å². The fourth-order valence-electron chi connectivity index (χ4n) is 2.03. The Bertz CT molecular complexity index is 444. The Balaban J connectivity index is 2.71. The first kappa shape index (κ1) is 14.3. The minimum Gasteiger partial charge on any atom is -0.397 e. The summed E-state index contributed by atoms with van der Waals surface area (Å²) in [4.78, 5) is 2.16. The second kappa shape index (κ2) is 5.74. The minimum atomic E-state index is 0.137. The largest absolute Gasteiger partial charge is 0.397 e. The van der Waals surface area contributed by atoms with Crippen LogP contribution in [0.25, 0.3) is 0 Å². The maximum atomic E-state index is 8.87. The van der Waals surface area contributed by atoms with Gasteiger partial charge in [-0.15, -0.1) is 0 Å². The lowest BCUT2D eigenvalue weighted by Gasteiger charge is -2.29. The van der Waals surface area contributed by atoms with Crippen molar-refractivity contribution in [2.24, 2.45) is 5.41 Å². The zero-order chi connectivity index (χ0) is 13.8. The number of nitrogens with one attached hydrogen (secondary N) is 1. The highest BCUT2D eigenvalue weighted by molar-refractivity contribution is 5.68. The highest BCUT2D eigenvalue weighted by atomic mass is 15.1. The first-order valence-electron chi connectivity index (χ1n) is 6.02. The molecule has 0 unspecified atom stereocenters. The van der Waals surface area contributed by atoms with Gasteiger partial charge in [0.15, 0.2) is 0 Å². The summed E-state index contributed by atoms with van der Waals surface area (Å²) >= 11 is 0. The van der Waals surface area contributed by atoms with E-state index in [4.69, 9.17) is 11.0 Å². The van der Waals surface area contributed by atoms with E-state index in [9.17, 15) is 0 Å². The molecule has 0 aliphatic rings. The number of hydrogen-bond acceptors (Lipinski definition) is 4. The van der Waals surface area contributed by atoms with Gasteiger partial charge in [0.1, 0.15) is 0 Å². The third-order valence-electron chi connectivity index (χ3n) is 2.68. The van der Waals surface area contributed by atoms with Crippen molar-refractivity contribution in [1.82, 2.24) is 4.90 Å². The zero-order valence-corrected chi connectivity index (χ0v) is 11.6. The SMILES string of the molecule is CN(C)CC(C)(C)CNc1cc(C#N)ccc1N. The van der Waals surface area contributed by atoms with Crippen molar-refractivity contribution in [3.05, 3.63) is 23.8 Å². The van der Waals surface area contributed by atoms with Crippen molar-refractivity contribution < 1.29 is 0 Å². The summed E-state index contributed by atoms with van der Waals surface area (Å²) in [5.74, 6) is 0. The molecule has 0 radical (unpaired) electrons. The lowest BCUT2D eigenvalue weighted by Crippen LogP contribution is -2.34. The summed E-state index contributed by atoms with van der Waals surface area (Å²) in [6.45, 7) is 6.19. The van der Waals surface area contributed by atoms with Crippen molar-refractivity contribution in [2.45, 2.75) is 13.8 Å². The second-order valence-electron chi connectivity index (χ2n) is 5.67. The van der Waals surface area contributed by atoms with Gasteiger partial charge in [-0.25, -0.2) is 0 Å². The molecular weight excluding hydrogens is 224 g/mol. The first-order valence-corrected chi connectivity index (χ1v) is 6.02. The molecule has 0 aliphatic heterocycles. The van der Waals surface area contributed by atoms with Gasteiger partial charge >= 0.3 is 0 Å². The van der Waals surface area contributed by atoms with Gasteiger partial charge < -0.3 is 16.0 Å². The van der Waals surface area contributed by atoms with E-state index in [-0.39, 0.29) is 5.41 Å². The van der Waals surface area contributed by atoms with Crippen molar-refractivity contribution in [3.8, 4) is 6.07 Å². The highest BCUT2D eigenvalue weighted by Crippen LogP contribution is 2.23. The van der Waals surface area contributed by atoms with Crippen molar-refractivity contribution >= 4 is 11.4 Å². The van der Waals surface area contributed by atoms with E-state index in [0.717, 1.165) is 18.8 Å². The maximum Gasteiger partial charge on any atom is 0.0992 e. The van der Waals surface area contributed by atoms with E-state index in [1.54, 1.807) is 18.2 Å². The Morgan fingerprint density at radius 3 is 2.61 bits per heavy atom. The van der Waals surface area contributed by atoms with Gasteiger partial charge in [0.25, 0.3) is 0 Å². The van der Waals surface area contributed by atoms with Crippen LogP contribution >= 0.6 is 0 Å². The Labute approximate surface area is 109 Å². The zero-order valence-electron chi connectivity index (χ0n) is 11.6. The van der Waals surface area contributed by atoms with E-state index in [1.165, 1.54) is 0 Å². The molecule has 0 saturated carbocycles. The molecule has 0 amide bonds. The van der Waals surface area contributed by atoms with Gasteiger partial charge in [-0.3, -0.25) is 0 Å². The molecule has 1 rings (SSSR count). The van der Waals surface area contributed by atoms with E-state index in [2.05, 4.69) is 44.2 Å². The molecule has 0 heterocycles. The van der Waals surface area contributed by atoms with E-state index >= 15 is 0 Å². The van der Waals surface area contributed by atoms with Crippen LogP contribution in [0.1, 0.15) is 19.4 Å². The van der Waals surface area contributed by atoms with E-state index < -0.39 is 0 Å². The molecular formula is C14H22N4. The second-order valence-corrected chi connectivity index (χ2v) is 5.67. The third-order valence-corrected chi connectivity index (χ3v) is 2.68. The quantitative estimate of drug-likeness (QED) is 0.781. The molecule has 0 spiro atoms. The number of hydrogen-bond donors (Lipinski definition) is 2. The summed E-state index contributed by atoms with van der Waals surface area (Å²) in [6.07, 6.45) is 0. The molecule has 1 aromatic rings. The standard InChI is InChI=1S/C14H22N4/c1-14(2,10-18(3)4)9-17-13-7-11(8-15)5-6-12(13)16/h5-7,17H,9-10,16H2,1-4H3. The molecule has 1 aromatic carbocycles. The minimum absolute atomic E-state index is 0.137. The van der Waals surface area contributed by atoms with Crippen LogP contribution < -0.4 is 11.1 Å². The lowest BCUT2D eigenvalue weighted by molar-refractivity contribution is 0.254. The summed E-state index contributed by atoms with van der Waals surface area (Å²) in [7, 11) is 4.12. The van der Waals surface area contributed by atoms with Crippen LogP contribution in [0.5, 0.6) is 0 Å². The number of anilines is 2. The van der Waals surface area contributed by atoms with Gasteiger partial charge in [-0.1, -0.05) is 13.8 Å². The molecule has 4 nitrogen and oxygen atoms in total. The summed E-state index contributed by atoms with van der Waals surface area (Å²) < 4.78 is 0. The molecule has 0 bridgehead atoms. The monoisotopic (exact) mass is 246 g/mol. The molecule has 3 N–H and O–H groups in total. The van der Waals surface area contributed by atoms with Crippen LogP contribution in [0, 0.1) is 16.7 Å². The van der Waals surface area contributed by atoms with Gasteiger partial charge in [-0.05, 0) is 37.7 Å². The molecule has 0 aliphatic carbocycles. The summed E-state index contributed by atoms with van der Waals surface area (Å²) in [5.41, 5.74) is 8.16. The van der Waals surface area contributed by atoms with Gasteiger partial charge in [0, 0.05) is 13.1 Å². The Kier molecular flexibility index (Phi) is 4.57. The van der Waals surface area contributed by atoms with Crippen LogP contribution in [0.4, 0.5) is 11.4 Å². The Hall–Kier alpha value is -1.73. The summed E-state index contributed by atoms with van der Waals surface area (Å²) in [6, 6.07) is 7.40. The topological polar surface area (TPSA) is 65.1 Å². The predicted octanol–water partition coefficient (Wildman–Crippen LogP) is 2.14. The smallest absolute Gasteiger partial charge is 0.0992 e. The number of nitrogens with two attached hydrogens (primary N) is 1. The number of nitrogens with zero attached hydrogens (tertiary/aromatic N) is 2. The van der Waals surface area contributed by atoms with Crippen molar-refractivity contribution in [3.63, 3.8) is 0 Å². The average Bonchev–Trinajstić information content (AvgIpc) is 2.26. The van der Waals surface area contributed by atoms with Crippen LogP contribution in [0.3, 0.4) is 0 Å². The predicted molar refractivity (Wildman–Crippen MR) is 76.4 cm³/mol. The molecule has 0 aromatic heterocycles. The summed E-state index contributed by atoms with van der Waals surface area (Å²) in [5, 5.41) is 12.2. The number of nitriles is 1. The Morgan fingerprint density at radius 2 is 2.06 bits per heavy atom. The number of benzene rings is 1. The van der Waals surface area contributed by atoms with Crippen LogP contribution in [-0.4, -0.2) is 32.1 Å². The van der Waals surface area contributed by atoms with E-state index in [1.807, 2.05) is 0 Å². The molecule has 0 atom stereocenters. The molecule has 0 fully saturated rings. The normalized spacial score (nSPS) is 11.3. The molecule has 98 valence electrons. The van der Waals surface area contributed by atoms with Gasteiger partial charge in [-0.2, -0.15) is 5.26 Å². The molecule has 0 saturated heterocycles. The number of nitrogen functional groups attached to an aromatic ring is 1. The fraction of sp³-hybridized carbons (Fsp3) is 0.500. The van der Waals surface area contributed by atoms with Crippen LogP contribution in [-0.2, 0) is 0 Å². The Morgan fingerprint density at radius 1 is 1.39 bits per heavy atom. The molecule has 18 heavy (non-hydrogen) atoms. The number of rotatable bonds is 5. The van der Waals surface area contributed by atoms with Gasteiger partial charge in [0.05, 0.1) is 23.0 Å². The van der Waals surface area contributed by atoms with Crippen molar-refractivity contribution in [2.75, 3.05) is 38.2 Å².